The summed E-state index contributed by atoms with van der Waals surface area (Å²) >= 11 is 13.7. The van der Waals surface area contributed by atoms with Crippen molar-refractivity contribution in [2.24, 2.45) is 0 Å². The molecule has 0 saturated carbocycles. The van der Waals surface area contributed by atoms with E-state index in [0.717, 1.165) is 4.70 Å². The minimum absolute atomic E-state index is 0.119. The van der Waals surface area contributed by atoms with Gasteiger partial charge in [0.25, 0.3) is 0 Å². The SMILES string of the molecule is CCOc1cccc(N(Cc2nc3c(Cl)c(Cl)ccc3s2)C(=O)CCC(=O)O)c1. The van der Waals surface area contributed by atoms with Gasteiger partial charge in [-0.1, -0.05) is 29.3 Å². The smallest absolute Gasteiger partial charge is 0.303 e. The molecular weight excluding hydrogens is 435 g/mol. The van der Waals surface area contributed by atoms with Crippen molar-refractivity contribution in [3.63, 3.8) is 0 Å². The summed E-state index contributed by atoms with van der Waals surface area (Å²) in [7, 11) is 0. The third-order valence-corrected chi connectivity index (χ3v) is 5.88. The normalized spacial score (nSPS) is 10.9. The zero-order valence-corrected chi connectivity index (χ0v) is 17.9. The molecule has 0 fully saturated rings. The van der Waals surface area contributed by atoms with Gasteiger partial charge in [0.05, 0.1) is 34.3 Å². The van der Waals surface area contributed by atoms with Crippen LogP contribution in [0.1, 0.15) is 24.8 Å². The lowest BCUT2D eigenvalue weighted by Crippen LogP contribution is -2.30. The summed E-state index contributed by atoms with van der Waals surface area (Å²) in [6.45, 7) is 2.55. The molecule has 0 atom stereocenters. The molecule has 2 aromatic carbocycles. The van der Waals surface area contributed by atoms with Crippen LogP contribution in [0.4, 0.5) is 5.69 Å². The number of hydrogen-bond donors (Lipinski definition) is 1. The highest BCUT2D eigenvalue weighted by molar-refractivity contribution is 7.18. The van der Waals surface area contributed by atoms with Crippen LogP contribution in [-0.4, -0.2) is 28.6 Å². The van der Waals surface area contributed by atoms with Gasteiger partial charge in [-0.3, -0.25) is 9.59 Å². The second-order valence-corrected chi connectivity index (χ2v) is 8.02. The molecule has 29 heavy (non-hydrogen) atoms. The zero-order valence-electron chi connectivity index (χ0n) is 15.5. The molecule has 1 heterocycles. The van der Waals surface area contributed by atoms with Crippen LogP contribution >= 0.6 is 34.5 Å². The molecule has 1 amide bonds. The number of carbonyl (C=O) groups is 2. The summed E-state index contributed by atoms with van der Waals surface area (Å²) in [5, 5.41) is 10.4. The first kappa shape index (κ1) is 21.4. The maximum absolute atomic E-state index is 12.8. The Morgan fingerprint density at radius 2 is 2.00 bits per heavy atom. The summed E-state index contributed by atoms with van der Waals surface area (Å²) in [6.07, 6.45) is -0.368. The molecule has 0 spiro atoms. The molecule has 3 rings (SSSR count). The second kappa shape index (κ2) is 9.43. The third kappa shape index (κ3) is 5.18. The number of carboxylic acid groups (broad SMARTS) is 1. The summed E-state index contributed by atoms with van der Waals surface area (Å²) in [4.78, 5) is 29.8. The highest BCUT2D eigenvalue weighted by Gasteiger charge is 2.20. The fourth-order valence-electron chi connectivity index (χ4n) is 2.77. The number of aromatic nitrogens is 1. The first-order valence-electron chi connectivity index (χ1n) is 8.87. The number of ether oxygens (including phenoxy) is 1. The number of amides is 1. The lowest BCUT2D eigenvalue weighted by molar-refractivity contribution is -0.138. The highest BCUT2D eigenvalue weighted by Crippen LogP contribution is 2.34. The van der Waals surface area contributed by atoms with Gasteiger partial charge in [0, 0.05) is 18.2 Å². The van der Waals surface area contributed by atoms with E-state index < -0.39 is 5.97 Å². The van der Waals surface area contributed by atoms with Gasteiger partial charge in [0.15, 0.2) is 0 Å². The monoisotopic (exact) mass is 452 g/mol. The molecule has 0 unspecified atom stereocenters. The fourth-order valence-corrected chi connectivity index (χ4v) is 4.15. The summed E-state index contributed by atoms with van der Waals surface area (Å²) in [6, 6.07) is 10.6. The van der Waals surface area contributed by atoms with E-state index >= 15 is 0 Å². The minimum Gasteiger partial charge on any atom is -0.494 e. The molecule has 1 N–H and O–H groups in total. The van der Waals surface area contributed by atoms with Crippen LogP contribution in [0.5, 0.6) is 5.75 Å². The van der Waals surface area contributed by atoms with E-state index in [2.05, 4.69) is 4.98 Å². The van der Waals surface area contributed by atoms with E-state index in [1.807, 2.05) is 13.0 Å². The topological polar surface area (TPSA) is 79.7 Å². The number of fused-ring (bicyclic) bond motifs is 1. The van der Waals surface area contributed by atoms with Crippen molar-refractivity contribution in [3.8, 4) is 5.75 Å². The van der Waals surface area contributed by atoms with E-state index in [0.29, 0.717) is 38.6 Å². The van der Waals surface area contributed by atoms with Gasteiger partial charge >= 0.3 is 5.97 Å². The molecule has 0 aliphatic rings. The van der Waals surface area contributed by atoms with Crippen molar-refractivity contribution in [2.45, 2.75) is 26.3 Å². The Bertz CT molecular complexity index is 1050. The van der Waals surface area contributed by atoms with Crippen LogP contribution < -0.4 is 9.64 Å². The van der Waals surface area contributed by atoms with E-state index in [4.69, 9.17) is 33.0 Å². The quantitative estimate of drug-likeness (QED) is 0.494. The molecule has 0 saturated heterocycles. The van der Waals surface area contributed by atoms with Crippen LogP contribution in [0.15, 0.2) is 36.4 Å². The van der Waals surface area contributed by atoms with Gasteiger partial charge in [0.2, 0.25) is 5.91 Å². The first-order valence-corrected chi connectivity index (χ1v) is 10.4. The van der Waals surface area contributed by atoms with Gasteiger partial charge in [-0.15, -0.1) is 11.3 Å². The molecule has 0 aliphatic heterocycles. The second-order valence-electron chi connectivity index (χ2n) is 6.12. The Morgan fingerprint density at radius 3 is 2.72 bits per heavy atom. The average Bonchev–Trinajstić information content (AvgIpc) is 3.11. The molecule has 1 aromatic heterocycles. The van der Waals surface area contributed by atoms with Crippen molar-refractivity contribution in [3.05, 3.63) is 51.5 Å². The Labute approximate surface area is 181 Å². The minimum atomic E-state index is -1.03. The molecule has 6 nitrogen and oxygen atoms in total. The van der Waals surface area contributed by atoms with Crippen molar-refractivity contribution >= 4 is 62.3 Å². The number of hydrogen-bond acceptors (Lipinski definition) is 5. The van der Waals surface area contributed by atoms with Gasteiger partial charge < -0.3 is 14.7 Å². The van der Waals surface area contributed by atoms with E-state index in [1.165, 1.54) is 16.2 Å². The van der Waals surface area contributed by atoms with E-state index in [1.54, 1.807) is 30.3 Å². The number of halogens is 2. The van der Waals surface area contributed by atoms with Crippen molar-refractivity contribution in [1.82, 2.24) is 4.98 Å². The number of anilines is 1. The third-order valence-electron chi connectivity index (χ3n) is 4.08. The lowest BCUT2D eigenvalue weighted by atomic mass is 10.2. The largest absolute Gasteiger partial charge is 0.494 e. The molecule has 0 aliphatic carbocycles. The predicted molar refractivity (Wildman–Crippen MR) is 115 cm³/mol. The Kier molecular flexibility index (Phi) is 6.95. The standard InChI is InChI=1S/C20H18Cl2N2O4S/c1-2-28-13-5-3-4-12(10-13)24(17(25)8-9-18(26)27)11-16-23-20-15(29-16)7-6-14(21)19(20)22/h3-7,10H,2,8-9,11H2,1H3,(H,26,27). The predicted octanol–water partition coefficient (Wildman–Crippen LogP) is 5.40. The van der Waals surface area contributed by atoms with Crippen LogP contribution in [0.25, 0.3) is 10.2 Å². The van der Waals surface area contributed by atoms with Gasteiger partial charge in [-0.2, -0.15) is 0 Å². The first-order chi connectivity index (χ1) is 13.9. The highest BCUT2D eigenvalue weighted by atomic mass is 35.5. The summed E-state index contributed by atoms with van der Waals surface area (Å²) in [5.74, 6) is -0.715. The van der Waals surface area contributed by atoms with Crippen LogP contribution in [0.2, 0.25) is 10.0 Å². The summed E-state index contributed by atoms with van der Waals surface area (Å²) in [5.41, 5.74) is 1.19. The average molecular weight is 453 g/mol. The van der Waals surface area contributed by atoms with Crippen LogP contribution in [0, 0.1) is 0 Å². The zero-order chi connectivity index (χ0) is 21.0. The molecule has 3 aromatic rings. The lowest BCUT2D eigenvalue weighted by Gasteiger charge is -2.22. The van der Waals surface area contributed by atoms with Crippen molar-refractivity contribution < 1.29 is 19.4 Å². The van der Waals surface area contributed by atoms with Crippen LogP contribution in [0.3, 0.4) is 0 Å². The molecule has 0 radical (unpaired) electrons. The molecular formula is C20H18Cl2N2O4S. The maximum atomic E-state index is 12.8. The van der Waals surface area contributed by atoms with E-state index in [-0.39, 0.29) is 25.3 Å². The number of carboxylic acids is 1. The van der Waals surface area contributed by atoms with Crippen LogP contribution in [-0.2, 0) is 16.1 Å². The Morgan fingerprint density at radius 1 is 1.21 bits per heavy atom. The van der Waals surface area contributed by atoms with Crippen molar-refractivity contribution in [2.75, 3.05) is 11.5 Å². The number of benzene rings is 2. The van der Waals surface area contributed by atoms with Gasteiger partial charge in [-0.05, 0) is 31.2 Å². The van der Waals surface area contributed by atoms with Crippen molar-refractivity contribution in [1.29, 1.82) is 0 Å². The van der Waals surface area contributed by atoms with E-state index in [9.17, 15) is 9.59 Å². The molecule has 0 bridgehead atoms. The Balaban J connectivity index is 1.94. The molecule has 9 heteroatoms. The number of nitrogens with zero attached hydrogens (tertiary/aromatic N) is 2. The number of thiazole rings is 1. The fraction of sp³-hybridized carbons (Fsp3) is 0.250. The van der Waals surface area contributed by atoms with Gasteiger partial charge in [0.1, 0.15) is 16.3 Å². The number of aliphatic carboxylic acids is 1. The number of carbonyl (C=O) groups excluding carboxylic acids is 1. The number of rotatable bonds is 8. The van der Waals surface area contributed by atoms with Gasteiger partial charge in [-0.25, -0.2) is 4.98 Å². The molecule has 152 valence electrons. The summed E-state index contributed by atoms with van der Waals surface area (Å²) < 4.78 is 6.38. The maximum Gasteiger partial charge on any atom is 0.303 e. The Hall–Kier alpha value is -2.35.